The summed E-state index contributed by atoms with van der Waals surface area (Å²) in [5.74, 6) is 0.654. The van der Waals surface area contributed by atoms with Crippen LogP contribution in [0.25, 0.3) is 0 Å². The zero-order valence-electron chi connectivity index (χ0n) is 4.52. The summed E-state index contributed by atoms with van der Waals surface area (Å²) in [5.41, 5.74) is 0. The van der Waals surface area contributed by atoms with Crippen molar-refractivity contribution in [1.29, 1.82) is 0 Å². The Morgan fingerprint density at radius 1 is 1.89 bits per heavy atom. The molecule has 5 heteroatoms. The van der Waals surface area contributed by atoms with Crippen LogP contribution >= 0.6 is 11.8 Å². The van der Waals surface area contributed by atoms with E-state index < -0.39 is 5.09 Å². The Morgan fingerprint density at radius 3 is 3.11 bits per heavy atom. The number of hydrogen-bond acceptors (Lipinski definition) is 4. The van der Waals surface area contributed by atoms with Crippen LogP contribution in [0.5, 0.6) is 0 Å². The summed E-state index contributed by atoms with van der Waals surface area (Å²) >= 11 is 1.51. The topological polar surface area (TPSA) is 52.4 Å². The van der Waals surface area contributed by atoms with Gasteiger partial charge in [0.05, 0.1) is 0 Å². The lowest BCUT2D eigenvalue weighted by molar-refractivity contribution is -0.764. The first-order valence-electron chi connectivity index (χ1n) is 2.38. The van der Waals surface area contributed by atoms with E-state index in [1.54, 1.807) is 11.5 Å². The standard InChI is InChI=1S/C4H5NO3S/c6-5(7)8-4-1-2-9-3-4/h1-2,4H,3H2. The minimum absolute atomic E-state index is 0.329. The number of nitrogens with zero attached hydrogens (tertiary/aromatic N) is 1. The average Bonchev–Trinajstić information content (AvgIpc) is 2.15. The molecule has 0 aromatic carbocycles. The molecule has 0 spiro atoms. The molecule has 0 fully saturated rings. The Bertz CT molecular complexity index is 147. The molecule has 50 valence electrons. The van der Waals surface area contributed by atoms with Crippen molar-refractivity contribution in [2.75, 3.05) is 5.75 Å². The number of hydrogen-bond donors (Lipinski definition) is 0. The van der Waals surface area contributed by atoms with Crippen molar-refractivity contribution in [2.24, 2.45) is 0 Å². The van der Waals surface area contributed by atoms with E-state index in [4.69, 9.17) is 0 Å². The molecule has 0 aromatic rings. The average molecular weight is 147 g/mol. The monoisotopic (exact) mass is 147 g/mol. The Kier molecular flexibility index (Phi) is 1.94. The van der Waals surface area contributed by atoms with E-state index in [9.17, 15) is 10.1 Å². The largest absolute Gasteiger partial charge is 0.306 e. The SMILES string of the molecule is O=[N+]([O-])OC1C=CSC1. The summed E-state index contributed by atoms with van der Waals surface area (Å²) < 4.78 is 0. The third kappa shape index (κ3) is 1.93. The van der Waals surface area contributed by atoms with E-state index in [0.717, 1.165) is 0 Å². The number of thioether (sulfide) groups is 1. The van der Waals surface area contributed by atoms with E-state index in [1.165, 1.54) is 11.8 Å². The highest BCUT2D eigenvalue weighted by Crippen LogP contribution is 2.16. The molecular weight excluding hydrogens is 142 g/mol. The van der Waals surface area contributed by atoms with Gasteiger partial charge in [-0.1, -0.05) is 0 Å². The summed E-state index contributed by atoms with van der Waals surface area (Å²) in [6.07, 6.45) is 1.35. The lowest BCUT2D eigenvalue weighted by Gasteiger charge is -2.00. The Hall–Kier alpha value is -0.710. The molecule has 0 saturated carbocycles. The van der Waals surface area contributed by atoms with Crippen molar-refractivity contribution in [2.45, 2.75) is 6.10 Å². The molecule has 0 N–H and O–H groups in total. The Balaban J connectivity index is 2.28. The summed E-state index contributed by atoms with van der Waals surface area (Å²) in [5, 5.41) is 10.7. The second kappa shape index (κ2) is 2.72. The summed E-state index contributed by atoms with van der Waals surface area (Å²) in [6, 6.07) is 0. The molecular formula is C4H5NO3S. The van der Waals surface area contributed by atoms with Gasteiger partial charge >= 0.3 is 0 Å². The normalized spacial score (nSPS) is 24.2. The molecule has 0 saturated heterocycles. The number of rotatable bonds is 2. The van der Waals surface area contributed by atoms with E-state index in [0.29, 0.717) is 5.75 Å². The molecule has 1 atom stereocenters. The van der Waals surface area contributed by atoms with Gasteiger partial charge in [0.15, 0.2) is 0 Å². The van der Waals surface area contributed by atoms with Crippen molar-refractivity contribution in [3.63, 3.8) is 0 Å². The van der Waals surface area contributed by atoms with Crippen molar-refractivity contribution in [3.05, 3.63) is 21.6 Å². The summed E-state index contributed by atoms with van der Waals surface area (Å²) in [7, 11) is 0. The maximum Gasteiger partial charge on any atom is 0.295 e. The van der Waals surface area contributed by atoms with Crippen LogP contribution in [0.4, 0.5) is 0 Å². The van der Waals surface area contributed by atoms with Crippen LogP contribution < -0.4 is 0 Å². The van der Waals surface area contributed by atoms with Gasteiger partial charge in [-0.25, -0.2) is 0 Å². The molecule has 9 heavy (non-hydrogen) atoms. The molecule has 1 aliphatic rings. The molecule has 1 rings (SSSR count). The molecule has 1 unspecified atom stereocenters. The van der Waals surface area contributed by atoms with Crippen molar-refractivity contribution in [3.8, 4) is 0 Å². The first-order chi connectivity index (χ1) is 4.29. The molecule has 0 aromatic heterocycles. The molecule has 0 radical (unpaired) electrons. The van der Waals surface area contributed by atoms with Crippen LogP contribution in [0.1, 0.15) is 0 Å². The van der Waals surface area contributed by atoms with Crippen LogP contribution in [-0.2, 0) is 4.84 Å². The second-order valence-corrected chi connectivity index (χ2v) is 2.47. The maximum atomic E-state index is 9.70. The van der Waals surface area contributed by atoms with Gasteiger partial charge in [-0.15, -0.1) is 21.9 Å². The fourth-order valence-electron chi connectivity index (χ4n) is 0.525. The Morgan fingerprint density at radius 2 is 2.67 bits per heavy atom. The Labute approximate surface area is 56.0 Å². The van der Waals surface area contributed by atoms with Crippen LogP contribution in [0.2, 0.25) is 0 Å². The molecule has 0 bridgehead atoms. The minimum atomic E-state index is -0.763. The van der Waals surface area contributed by atoms with Gasteiger partial charge in [0.25, 0.3) is 5.09 Å². The van der Waals surface area contributed by atoms with Crippen molar-refractivity contribution in [1.82, 2.24) is 0 Å². The van der Waals surface area contributed by atoms with Crippen LogP contribution in [0.15, 0.2) is 11.5 Å². The van der Waals surface area contributed by atoms with Crippen LogP contribution in [-0.4, -0.2) is 16.9 Å². The second-order valence-electron chi connectivity index (χ2n) is 1.53. The van der Waals surface area contributed by atoms with Gasteiger partial charge in [-0.05, 0) is 11.5 Å². The highest BCUT2D eigenvalue weighted by atomic mass is 32.2. The minimum Gasteiger partial charge on any atom is -0.306 e. The van der Waals surface area contributed by atoms with E-state index in [-0.39, 0.29) is 6.10 Å². The van der Waals surface area contributed by atoms with Crippen molar-refractivity contribution < 1.29 is 9.92 Å². The van der Waals surface area contributed by atoms with Gasteiger partial charge < -0.3 is 4.84 Å². The van der Waals surface area contributed by atoms with Gasteiger partial charge in [0.1, 0.15) is 6.10 Å². The third-order valence-corrected chi connectivity index (χ3v) is 1.74. The maximum absolute atomic E-state index is 9.70. The zero-order chi connectivity index (χ0) is 6.69. The molecule has 4 nitrogen and oxygen atoms in total. The van der Waals surface area contributed by atoms with Gasteiger partial charge in [-0.3, -0.25) is 0 Å². The van der Waals surface area contributed by atoms with Gasteiger partial charge in [-0.2, -0.15) is 0 Å². The summed E-state index contributed by atoms with van der Waals surface area (Å²) in [6.45, 7) is 0. The molecule has 0 amide bonds. The van der Waals surface area contributed by atoms with Crippen molar-refractivity contribution >= 4 is 11.8 Å². The van der Waals surface area contributed by atoms with Crippen LogP contribution in [0, 0.1) is 10.1 Å². The summed E-state index contributed by atoms with van der Waals surface area (Å²) in [4.78, 5) is 13.9. The third-order valence-electron chi connectivity index (χ3n) is 0.871. The quantitative estimate of drug-likeness (QED) is 0.428. The predicted molar refractivity (Wildman–Crippen MR) is 33.5 cm³/mol. The zero-order valence-corrected chi connectivity index (χ0v) is 5.34. The lowest BCUT2D eigenvalue weighted by Crippen LogP contribution is -2.14. The van der Waals surface area contributed by atoms with E-state index in [2.05, 4.69) is 4.84 Å². The molecule has 0 aliphatic carbocycles. The molecule has 1 aliphatic heterocycles. The van der Waals surface area contributed by atoms with Gasteiger partial charge in [0, 0.05) is 5.75 Å². The predicted octanol–water partition coefficient (Wildman–Crippen LogP) is 0.824. The fraction of sp³-hybridized carbons (Fsp3) is 0.500. The first-order valence-corrected chi connectivity index (χ1v) is 3.43. The first kappa shape index (κ1) is 6.41. The van der Waals surface area contributed by atoms with Gasteiger partial charge in [0.2, 0.25) is 0 Å². The fourth-order valence-corrected chi connectivity index (χ4v) is 1.28. The molecule has 1 heterocycles. The smallest absolute Gasteiger partial charge is 0.295 e. The van der Waals surface area contributed by atoms with Crippen LogP contribution in [0.3, 0.4) is 0 Å². The van der Waals surface area contributed by atoms with E-state index >= 15 is 0 Å². The highest BCUT2D eigenvalue weighted by molar-refractivity contribution is 8.02. The lowest BCUT2D eigenvalue weighted by atomic mass is 10.4. The highest BCUT2D eigenvalue weighted by Gasteiger charge is 2.12. The van der Waals surface area contributed by atoms with E-state index in [1.807, 2.05) is 0 Å².